The van der Waals surface area contributed by atoms with Gasteiger partial charge in [-0.15, -0.1) is 0 Å². The van der Waals surface area contributed by atoms with Gasteiger partial charge in [0, 0.05) is 11.6 Å². The molecule has 0 saturated carbocycles. The number of oxazole rings is 1. The summed E-state index contributed by atoms with van der Waals surface area (Å²) in [6.07, 6.45) is 0. The average molecular weight is 374 g/mol. The van der Waals surface area contributed by atoms with Gasteiger partial charge < -0.3 is 9.15 Å². The van der Waals surface area contributed by atoms with Crippen molar-refractivity contribution in [3.63, 3.8) is 0 Å². The molecule has 1 aliphatic heterocycles. The number of ether oxygens (including phenoxy) is 1. The summed E-state index contributed by atoms with van der Waals surface area (Å²) in [6, 6.07) is 8.85. The van der Waals surface area contributed by atoms with Crippen molar-refractivity contribution < 1.29 is 22.4 Å². The standard InChI is InChI=1S/C17H14N2O6S/c1-10(20)11-2-5-15-14(8-11)19(6-7-24-15)26(22,23)12-3-4-13-16(9-12)25-17(21)18-13/h2-5,8-9H,6-7H2,1H3,(H,18,21). The molecule has 0 aliphatic carbocycles. The molecule has 0 saturated heterocycles. The maximum atomic E-state index is 13.1. The van der Waals surface area contributed by atoms with Crippen LogP contribution in [0.2, 0.25) is 0 Å². The number of sulfonamides is 1. The number of hydrogen-bond donors (Lipinski definition) is 1. The smallest absolute Gasteiger partial charge is 0.417 e. The molecule has 0 atom stereocenters. The van der Waals surface area contributed by atoms with Gasteiger partial charge in [-0.25, -0.2) is 13.2 Å². The topological polar surface area (TPSA) is 110 Å². The Balaban J connectivity index is 1.84. The molecule has 0 fully saturated rings. The van der Waals surface area contributed by atoms with E-state index in [2.05, 4.69) is 4.98 Å². The van der Waals surface area contributed by atoms with E-state index in [0.717, 1.165) is 0 Å². The van der Waals surface area contributed by atoms with Crippen molar-refractivity contribution in [2.45, 2.75) is 11.8 Å². The van der Waals surface area contributed by atoms with Gasteiger partial charge in [0.25, 0.3) is 10.0 Å². The van der Waals surface area contributed by atoms with Crippen LogP contribution in [0, 0.1) is 0 Å². The lowest BCUT2D eigenvalue weighted by atomic mass is 10.1. The number of anilines is 1. The lowest BCUT2D eigenvalue weighted by Crippen LogP contribution is -2.38. The van der Waals surface area contributed by atoms with E-state index in [1.54, 1.807) is 12.1 Å². The molecule has 4 rings (SSSR count). The molecule has 3 aromatic rings. The first-order chi connectivity index (χ1) is 12.4. The molecule has 1 N–H and O–H groups in total. The first-order valence-corrected chi connectivity index (χ1v) is 9.24. The first kappa shape index (κ1) is 16.4. The van der Waals surface area contributed by atoms with Gasteiger partial charge in [-0.05, 0) is 37.3 Å². The van der Waals surface area contributed by atoms with Crippen molar-refractivity contribution in [1.82, 2.24) is 4.98 Å². The molecular weight excluding hydrogens is 360 g/mol. The second kappa shape index (κ2) is 5.73. The Kier molecular flexibility index (Phi) is 3.62. The Morgan fingerprint density at radius 2 is 2.00 bits per heavy atom. The predicted octanol–water partition coefficient (Wildman–Crippen LogP) is 1.91. The molecular formula is C17H14N2O6S. The molecule has 2 heterocycles. The number of nitrogens with one attached hydrogen (secondary N) is 1. The zero-order chi connectivity index (χ0) is 18.5. The van der Waals surface area contributed by atoms with Crippen molar-refractivity contribution in [2.75, 3.05) is 17.5 Å². The molecule has 2 aromatic carbocycles. The molecule has 9 heteroatoms. The summed E-state index contributed by atoms with van der Waals surface area (Å²) in [6.45, 7) is 1.70. The number of aromatic nitrogens is 1. The van der Waals surface area contributed by atoms with E-state index < -0.39 is 15.8 Å². The molecule has 1 aliphatic rings. The Morgan fingerprint density at radius 1 is 1.19 bits per heavy atom. The van der Waals surface area contributed by atoms with E-state index in [9.17, 15) is 18.0 Å². The molecule has 0 bridgehead atoms. The van der Waals surface area contributed by atoms with Crippen LogP contribution in [0.15, 0.2) is 50.5 Å². The molecule has 0 spiro atoms. The number of benzene rings is 2. The van der Waals surface area contributed by atoms with E-state index in [1.165, 1.54) is 35.5 Å². The number of hydrogen-bond acceptors (Lipinski definition) is 6. The van der Waals surface area contributed by atoms with Crippen LogP contribution in [0.25, 0.3) is 11.1 Å². The van der Waals surface area contributed by atoms with E-state index in [1.807, 2.05) is 0 Å². The minimum absolute atomic E-state index is 0.0196. The first-order valence-electron chi connectivity index (χ1n) is 7.80. The fraction of sp³-hybridized carbons (Fsp3) is 0.176. The number of nitrogens with zero attached hydrogens (tertiary/aromatic N) is 1. The molecule has 0 unspecified atom stereocenters. The number of rotatable bonds is 3. The van der Waals surface area contributed by atoms with Crippen molar-refractivity contribution in [2.24, 2.45) is 0 Å². The molecule has 0 radical (unpaired) electrons. The second-order valence-electron chi connectivity index (χ2n) is 5.84. The van der Waals surface area contributed by atoms with Gasteiger partial charge in [0.15, 0.2) is 11.4 Å². The van der Waals surface area contributed by atoms with Gasteiger partial charge in [0.2, 0.25) is 0 Å². The van der Waals surface area contributed by atoms with E-state index in [0.29, 0.717) is 22.5 Å². The van der Waals surface area contributed by atoms with Crippen LogP contribution in [-0.4, -0.2) is 32.3 Å². The van der Waals surface area contributed by atoms with Crippen molar-refractivity contribution in [1.29, 1.82) is 0 Å². The van der Waals surface area contributed by atoms with Crippen LogP contribution in [0.5, 0.6) is 5.75 Å². The maximum absolute atomic E-state index is 13.1. The quantitative estimate of drug-likeness (QED) is 0.701. The average Bonchev–Trinajstić information content (AvgIpc) is 2.99. The van der Waals surface area contributed by atoms with Gasteiger partial charge in [0.05, 0.1) is 22.6 Å². The number of carbonyl (C=O) groups is 1. The van der Waals surface area contributed by atoms with Gasteiger partial charge >= 0.3 is 5.76 Å². The van der Waals surface area contributed by atoms with Gasteiger partial charge in [-0.2, -0.15) is 0 Å². The summed E-state index contributed by atoms with van der Waals surface area (Å²) >= 11 is 0. The highest BCUT2D eigenvalue weighted by Crippen LogP contribution is 2.36. The monoisotopic (exact) mass is 374 g/mol. The lowest BCUT2D eigenvalue weighted by molar-refractivity contribution is 0.101. The summed E-state index contributed by atoms with van der Waals surface area (Å²) in [5.41, 5.74) is 1.26. The minimum Gasteiger partial charge on any atom is -0.489 e. The summed E-state index contributed by atoms with van der Waals surface area (Å²) in [7, 11) is -3.93. The summed E-state index contributed by atoms with van der Waals surface area (Å²) in [5, 5.41) is 0. The number of aromatic amines is 1. The Labute approximate surface area is 148 Å². The summed E-state index contributed by atoms with van der Waals surface area (Å²) < 4.78 is 37.9. The number of Topliss-reactive ketones (excluding diaryl/α,β-unsaturated/α-hetero) is 1. The lowest BCUT2D eigenvalue weighted by Gasteiger charge is -2.30. The minimum atomic E-state index is -3.93. The van der Waals surface area contributed by atoms with Crippen LogP contribution >= 0.6 is 0 Å². The SMILES string of the molecule is CC(=O)c1ccc2c(c1)N(S(=O)(=O)c1ccc3[nH]c(=O)oc3c1)CCO2. The third kappa shape index (κ3) is 2.57. The second-order valence-corrected chi connectivity index (χ2v) is 7.70. The van der Waals surface area contributed by atoms with E-state index >= 15 is 0 Å². The maximum Gasteiger partial charge on any atom is 0.417 e. The molecule has 0 amide bonds. The largest absolute Gasteiger partial charge is 0.489 e. The van der Waals surface area contributed by atoms with Crippen molar-refractivity contribution in [3.8, 4) is 5.75 Å². The zero-order valence-corrected chi connectivity index (χ0v) is 14.5. The van der Waals surface area contributed by atoms with Crippen molar-refractivity contribution in [3.05, 3.63) is 52.5 Å². The highest BCUT2D eigenvalue weighted by atomic mass is 32.2. The molecule has 26 heavy (non-hydrogen) atoms. The predicted molar refractivity (Wildman–Crippen MR) is 93.3 cm³/mol. The van der Waals surface area contributed by atoms with Gasteiger partial charge in [-0.3, -0.25) is 14.1 Å². The highest BCUT2D eigenvalue weighted by Gasteiger charge is 2.31. The van der Waals surface area contributed by atoms with Crippen LogP contribution in [0.4, 0.5) is 5.69 Å². The highest BCUT2D eigenvalue weighted by molar-refractivity contribution is 7.92. The van der Waals surface area contributed by atoms with E-state index in [4.69, 9.17) is 9.15 Å². The Hall–Kier alpha value is -3.07. The van der Waals surface area contributed by atoms with Crippen LogP contribution in [0.3, 0.4) is 0 Å². The third-order valence-corrected chi connectivity index (χ3v) is 5.98. The van der Waals surface area contributed by atoms with Gasteiger partial charge in [0.1, 0.15) is 12.4 Å². The Morgan fingerprint density at radius 3 is 2.77 bits per heavy atom. The zero-order valence-electron chi connectivity index (χ0n) is 13.7. The summed E-state index contributed by atoms with van der Waals surface area (Å²) in [5.74, 6) is -0.442. The van der Waals surface area contributed by atoms with Crippen LogP contribution < -0.4 is 14.8 Å². The fourth-order valence-corrected chi connectivity index (χ4v) is 4.34. The molecule has 1 aromatic heterocycles. The number of carbonyl (C=O) groups excluding carboxylic acids is 1. The molecule has 134 valence electrons. The fourth-order valence-electron chi connectivity index (χ4n) is 2.88. The van der Waals surface area contributed by atoms with Crippen LogP contribution in [0.1, 0.15) is 17.3 Å². The Bertz CT molecular complexity index is 1190. The van der Waals surface area contributed by atoms with Crippen LogP contribution in [-0.2, 0) is 10.0 Å². The number of H-pyrrole nitrogens is 1. The normalized spacial score (nSPS) is 14.1. The van der Waals surface area contributed by atoms with Gasteiger partial charge in [-0.1, -0.05) is 0 Å². The number of fused-ring (bicyclic) bond motifs is 2. The molecule has 8 nitrogen and oxygen atoms in total. The number of ketones is 1. The van der Waals surface area contributed by atoms with Crippen molar-refractivity contribution >= 4 is 32.6 Å². The van der Waals surface area contributed by atoms with E-state index in [-0.39, 0.29) is 29.4 Å². The summed E-state index contributed by atoms with van der Waals surface area (Å²) in [4.78, 5) is 25.4. The third-order valence-electron chi connectivity index (χ3n) is 4.17.